The summed E-state index contributed by atoms with van der Waals surface area (Å²) in [5.74, 6) is 0.512. The number of nitrogen functional groups attached to an aromatic ring is 1. The highest BCUT2D eigenvalue weighted by molar-refractivity contribution is 9.10. The highest BCUT2D eigenvalue weighted by atomic mass is 79.9. The summed E-state index contributed by atoms with van der Waals surface area (Å²) >= 11 is 3.46. The number of nitrogens with zero attached hydrogens (tertiary/aromatic N) is 2. The van der Waals surface area contributed by atoms with Gasteiger partial charge in [0.05, 0.1) is 11.0 Å². The van der Waals surface area contributed by atoms with Crippen molar-refractivity contribution in [2.24, 2.45) is 0 Å². The molecule has 0 bridgehead atoms. The number of hydrogen-bond acceptors (Lipinski definition) is 2. The molecule has 1 aromatic heterocycles. The van der Waals surface area contributed by atoms with E-state index in [9.17, 15) is 0 Å². The van der Waals surface area contributed by atoms with Crippen molar-refractivity contribution in [1.82, 2.24) is 9.55 Å². The minimum Gasteiger partial charge on any atom is -0.369 e. The second kappa shape index (κ2) is 4.38. The zero-order valence-corrected chi connectivity index (χ0v) is 12.4. The maximum atomic E-state index is 6.07. The first-order chi connectivity index (χ1) is 9.04. The highest BCUT2D eigenvalue weighted by Gasteiger charge is 2.10. The lowest BCUT2D eigenvalue weighted by molar-refractivity contribution is 1.10. The lowest BCUT2D eigenvalue weighted by Crippen LogP contribution is -2.01. The summed E-state index contributed by atoms with van der Waals surface area (Å²) in [5.41, 5.74) is 11.5. The lowest BCUT2D eigenvalue weighted by atomic mass is 10.1. The maximum absolute atomic E-state index is 6.07. The number of aryl methyl sites for hydroxylation is 2. The summed E-state index contributed by atoms with van der Waals surface area (Å²) in [6.45, 7) is 4.17. The van der Waals surface area contributed by atoms with Crippen LogP contribution >= 0.6 is 15.9 Å². The van der Waals surface area contributed by atoms with Gasteiger partial charge in [0, 0.05) is 10.2 Å². The Morgan fingerprint density at radius 2 is 1.74 bits per heavy atom. The van der Waals surface area contributed by atoms with E-state index < -0.39 is 0 Å². The third-order valence-electron chi connectivity index (χ3n) is 3.11. The van der Waals surface area contributed by atoms with Crippen molar-refractivity contribution < 1.29 is 0 Å². The second-order valence-corrected chi connectivity index (χ2v) is 5.70. The van der Waals surface area contributed by atoms with E-state index in [2.05, 4.69) is 53.0 Å². The van der Waals surface area contributed by atoms with Crippen LogP contribution in [0, 0.1) is 13.8 Å². The SMILES string of the molecule is Cc1cc(C)cc(-n2c(N)nc3cc(Br)ccc32)c1. The van der Waals surface area contributed by atoms with Crippen LogP contribution in [-0.4, -0.2) is 9.55 Å². The van der Waals surface area contributed by atoms with Gasteiger partial charge >= 0.3 is 0 Å². The van der Waals surface area contributed by atoms with E-state index in [0.29, 0.717) is 5.95 Å². The van der Waals surface area contributed by atoms with Crippen LogP contribution in [-0.2, 0) is 0 Å². The Balaban J connectivity index is 2.32. The first kappa shape index (κ1) is 12.2. The number of halogens is 1. The average Bonchev–Trinajstić information content (AvgIpc) is 2.62. The number of rotatable bonds is 1. The van der Waals surface area contributed by atoms with E-state index in [1.807, 2.05) is 22.8 Å². The van der Waals surface area contributed by atoms with E-state index in [-0.39, 0.29) is 0 Å². The van der Waals surface area contributed by atoms with Gasteiger partial charge in [-0.1, -0.05) is 22.0 Å². The summed E-state index contributed by atoms with van der Waals surface area (Å²) < 4.78 is 2.99. The molecule has 0 aliphatic rings. The predicted molar refractivity (Wildman–Crippen MR) is 82.7 cm³/mol. The molecule has 0 amide bonds. The molecule has 19 heavy (non-hydrogen) atoms. The van der Waals surface area contributed by atoms with Crippen LogP contribution in [0.3, 0.4) is 0 Å². The van der Waals surface area contributed by atoms with E-state index in [1.54, 1.807) is 0 Å². The summed E-state index contributed by atoms with van der Waals surface area (Å²) in [4.78, 5) is 4.42. The fourth-order valence-electron chi connectivity index (χ4n) is 2.42. The van der Waals surface area contributed by atoms with Crippen molar-refractivity contribution in [2.75, 3.05) is 5.73 Å². The van der Waals surface area contributed by atoms with Gasteiger partial charge in [0.2, 0.25) is 5.95 Å². The highest BCUT2D eigenvalue weighted by Crippen LogP contribution is 2.26. The molecular weight excluding hydrogens is 302 g/mol. The Kier molecular flexibility index (Phi) is 2.82. The molecule has 0 unspecified atom stereocenters. The van der Waals surface area contributed by atoms with Crippen molar-refractivity contribution in [2.45, 2.75) is 13.8 Å². The standard InChI is InChI=1S/C15H14BrN3/c1-9-5-10(2)7-12(6-9)19-14-4-3-11(16)8-13(14)18-15(19)17/h3-8H,1-2H3,(H2,17,18). The minimum atomic E-state index is 0.512. The van der Waals surface area contributed by atoms with Gasteiger partial charge in [0.15, 0.2) is 0 Å². The quantitative estimate of drug-likeness (QED) is 0.738. The molecule has 0 aliphatic carbocycles. The monoisotopic (exact) mass is 315 g/mol. The number of fused-ring (bicyclic) bond motifs is 1. The van der Waals surface area contributed by atoms with Crippen molar-refractivity contribution in [3.8, 4) is 5.69 Å². The zero-order valence-electron chi connectivity index (χ0n) is 10.8. The first-order valence-electron chi connectivity index (χ1n) is 6.07. The van der Waals surface area contributed by atoms with Gasteiger partial charge in [-0.2, -0.15) is 0 Å². The molecule has 1 heterocycles. The molecule has 3 aromatic rings. The molecule has 4 heteroatoms. The summed E-state index contributed by atoms with van der Waals surface area (Å²) in [5, 5.41) is 0. The molecule has 0 saturated heterocycles. The fourth-order valence-corrected chi connectivity index (χ4v) is 2.77. The van der Waals surface area contributed by atoms with Gasteiger partial charge in [-0.05, 0) is 55.3 Å². The Hall–Kier alpha value is -1.81. The van der Waals surface area contributed by atoms with Gasteiger partial charge in [-0.3, -0.25) is 4.57 Å². The van der Waals surface area contributed by atoms with Crippen LogP contribution < -0.4 is 5.73 Å². The number of benzene rings is 2. The Bertz CT molecular complexity index is 754. The van der Waals surface area contributed by atoms with E-state index in [0.717, 1.165) is 21.2 Å². The van der Waals surface area contributed by atoms with Crippen LogP contribution in [0.25, 0.3) is 16.7 Å². The molecule has 3 rings (SSSR count). The van der Waals surface area contributed by atoms with E-state index in [4.69, 9.17) is 5.73 Å². The molecule has 0 spiro atoms. The molecule has 0 radical (unpaired) electrons. The molecule has 0 atom stereocenters. The number of hydrogen-bond donors (Lipinski definition) is 1. The molecule has 0 aliphatic heterocycles. The minimum absolute atomic E-state index is 0.512. The van der Waals surface area contributed by atoms with Gasteiger partial charge in [-0.15, -0.1) is 0 Å². The first-order valence-corrected chi connectivity index (χ1v) is 6.86. The Morgan fingerprint density at radius 3 is 2.42 bits per heavy atom. The largest absolute Gasteiger partial charge is 0.369 e. The molecule has 2 N–H and O–H groups in total. The molecule has 0 saturated carbocycles. The second-order valence-electron chi connectivity index (χ2n) is 4.78. The average molecular weight is 316 g/mol. The third kappa shape index (κ3) is 2.12. The Morgan fingerprint density at radius 1 is 1.05 bits per heavy atom. The van der Waals surface area contributed by atoms with Crippen molar-refractivity contribution >= 4 is 32.9 Å². The number of imidazole rings is 1. The topological polar surface area (TPSA) is 43.8 Å². The summed E-state index contributed by atoms with van der Waals surface area (Å²) in [7, 11) is 0. The van der Waals surface area contributed by atoms with Crippen LogP contribution in [0.4, 0.5) is 5.95 Å². The smallest absolute Gasteiger partial charge is 0.205 e. The lowest BCUT2D eigenvalue weighted by Gasteiger charge is -2.09. The summed E-state index contributed by atoms with van der Waals surface area (Å²) in [6, 6.07) is 12.4. The number of nitrogens with two attached hydrogens (primary N) is 1. The molecular formula is C15H14BrN3. The van der Waals surface area contributed by atoms with Gasteiger partial charge in [0.1, 0.15) is 0 Å². The molecule has 96 valence electrons. The van der Waals surface area contributed by atoms with Crippen LogP contribution in [0.1, 0.15) is 11.1 Å². The van der Waals surface area contributed by atoms with E-state index in [1.165, 1.54) is 11.1 Å². The number of anilines is 1. The van der Waals surface area contributed by atoms with Crippen LogP contribution in [0.2, 0.25) is 0 Å². The normalized spacial score (nSPS) is 11.1. The van der Waals surface area contributed by atoms with Crippen molar-refractivity contribution in [3.63, 3.8) is 0 Å². The van der Waals surface area contributed by atoms with E-state index >= 15 is 0 Å². The maximum Gasteiger partial charge on any atom is 0.205 e. The van der Waals surface area contributed by atoms with Crippen molar-refractivity contribution in [3.05, 3.63) is 52.0 Å². The van der Waals surface area contributed by atoms with Crippen molar-refractivity contribution in [1.29, 1.82) is 0 Å². The molecule has 3 nitrogen and oxygen atoms in total. The Labute approximate surface area is 120 Å². The third-order valence-corrected chi connectivity index (χ3v) is 3.60. The molecule has 0 fully saturated rings. The van der Waals surface area contributed by atoms with Gasteiger partial charge in [0.25, 0.3) is 0 Å². The molecule has 2 aromatic carbocycles. The fraction of sp³-hybridized carbons (Fsp3) is 0.133. The number of aromatic nitrogens is 2. The van der Waals surface area contributed by atoms with Gasteiger partial charge < -0.3 is 5.73 Å². The van der Waals surface area contributed by atoms with Gasteiger partial charge in [-0.25, -0.2) is 4.98 Å². The predicted octanol–water partition coefficient (Wildman–Crippen LogP) is 3.99. The van der Waals surface area contributed by atoms with Crippen LogP contribution in [0.5, 0.6) is 0 Å². The van der Waals surface area contributed by atoms with Crippen LogP contribution in [0.15, 0.2) is 40.9 Å². The summed E-state index contributed by atoms with van der Waals surface area (Å²) in [6.07, 6.45) is 0. The zero-order chi connectivity index (χ0) is 13.6.